The first-order chi connectivity index (χ1) is 7.81. The quantitative estimate of drug-likeness (QED) is 0.843. The Labute approximate surface area is 106 Å². The first kappa shape index (κ1) is 13.7. The van der Waals surface area contributed by atoms with E-state index in [9.17, 15) is 4.39 Å². The molecule has 1 aromatic carbocycles. The molecule has 1 heterocycles. The number of halogens is 2. The summed E-state index contributed by atoms with van der Waals surface area (Å²) < 4.78 is 19.0. The fourth-order valence-electron chi connectivity index (χ4n) is 1.53. The van der Waals surface area contributed by atoms with Gasteiger partial charge in [-0.05, 0) is 30.8 Å². The topological polar surface area (TPSA) is 25.2 Å². The van der Waals surface area contributed by atoms with Crippen LogP contribution in [0.1, 0.15) is 12.7 Å². The average molecular weight is 255 g/mol. The third kappa shape index (κ3) is 3.32. The van der Waals surface area contributed by atoms with Crippen LogP contribution in [0.3, 0.4) is 0 Å². The van der Waals surface area contributed by atoms with Crippen LogP contribution in [0, 0.1) is 5.82 Å². The lowest BCUT2D eigenvalue weighted by Gasteiger charge is -1.99. The maximum absolute atomic E-state index is 13.5. The molecule has 17 heavy (non-hydrogen) atoms. The van der Waals surface area contributed by atoms with E-state index in [0.29, 0.717) is 17.9 Å². The summed E-state index contributed by atoms with van der Waals surface area (Å²) in [7, 11) is 0. The van der Waals surface area contributed by atoms with Gasteiger partial charge in [-0.25, -0.2) is 4.39 Å². The number of benzene rings is 1. The second kappa shape index (κ2) is 6.42. The summed E-state index contributed by atoms with van der Waals surface area (Å²) in [4.78, 5) is 0. The van der Waals surface area contributed by atoms with Gasteiger partial charge < -0.3 is 22.1 Å². The molecule has 0 spiro atoms. The van der Waals surface area contributed by atoms with Crippen molar-refractivity contribution >= 4 is 0 Å². The molecule has 2 nitrogen and oxygen atoms in total. The molecule has 2 rings (SSSR count). The van der Waals surface area contributed by atoms with Gasteiger partial charge in [0.25, 0.3) is 0 Å². The van der Waals surface area contributed by atoms with Crippen LogP contribution in [-0.2, 0) is 6.54 Å². The van der Waals surface area contributed by atoms with Crippen LogP contribution < -0.4 is 17.7 Å². The molecule has 0 saturated carbocycles. The predicted octanol–water partition coefficient (Wildman–Crippen LogP) is 0.199. The van der Waals surface area contributed by atoms with Gasteiger partial charge in [-0.1, -0.05) is 19.1 Å². The van der Waals surface area contributed by atoms with Gasteiger partial charge in [0.15, 0.2) is 0 Å². The summed E-state index contributed by atoms with van der Waals surface area (Å²) in [6.45, 7) is 3.58. The first-order valence-corrected chi connectivity index (χ1v) is 5.35. The van der Waals surface area contributed by atoms with Gasteiger partial charge in [0.1, 0.15) is 17.3 Å². The van der Waals surface area contributed by atoms with Crippen molar-refractivity contribution in [3.8, 4) is 11.3 Å². The maximum Gasteiger partial charge on any atom is 0.137 e. The third-order valence-corrected chi connectivity index (χ3v) is 2.35. The Hall–Kier alpha value is -1.32. The normalized spacial score (nSPS) is 10.0. The SMILES string of the molecule is CCNCc1ccc(-c2ccccc2F)o1.[Cl-]. The van der Waals surface area contributed by atoms with Crippen molar-refractivity contribution in [2.45, 2.75) is 13.5 Å². The van der Waals surface area contributed by atoms with E-state index < -0.39 is 0 Å². The smallest absolute Gasteiger partial charge is 0.137 e. The Balaban J connectivity index is 0.00000144. The van der Waals surface area contributed by atoms with Crippen LogP contribution in [-0.4, -0.2) is 6.54 Å². The summed E-state index contributed by atoms with van der Waals surface area (Å²) in [6.07, 6.45) is 0. The number of rotatable bonds is 4. The van der Waals surface area contributed by atoms with Crippen LogP contribution in [0.4, 0.5) is 4.39 Å². The Morgan fingerprint density at radius 2 is 1.94 bits per heavy atom. The highest BCUT2D eigenvalue weighted by atomic mass is 35.5. The van der Waals surface area contributed by atoms with Gasteiger partial charge >= 0.3 is 0 Å². The van der Waals surface area contributed by atoms with Crippen LogP contribution in [0.25, 0.3) is 11.3 Å². The minimum atomic E-state index is -0.258. The van der Waals surface area contributed by atoms with E-state index in [1.807, 2.05) is 13.0 Å². The zero-order valence-corrected chi connectivity index (χ0v) is 10.3. The molecule has 92 valence electrons. The van der Waals surface area contributed by atoms with Crippen LogP contribution >= 0.6 is 0 Å². The van der Waals surface area contributed by atoms with E-state index in [-0.39, 0.29) is 18.2 Å². The highest BCUT2D eigenvalue weighted by Crippen LogP contribution is 2.24. The van der Waals surface area contributed by atoms with Crippen LogP contribution in [0.5, 0.6) is 0 Å². The van der Waals surface area contributed by atoms with Gasteiger partial charge in [0.05, 0.1) is 12.1 Å². The summed E-state index contributed by atoms with van der Waals surface area (Å²) in [6, 6.07) is 10.3. The van der Waals surface area contributed by atoms with Gasteiger partial charge in [0.2, 0.25) is 0 Å². The van der Waals surface area contributed by atoms with Crippen molar-refractivity contribution in [3.05, 3.63) is 48.0 Å². The number of hydrogen-bond acceptors (Lipinski definition) is 2. The van der Waals surface area contributed by atoms with Crippen LogP contribution in [0.2, 0.25) is 0 Å². The fraction of sp³-hybridized carbons (Fsp3) is 0.231. The molecule has 0 fully saturated rings. The second-order valence-corrected chi connectivity index (χ2v) is 3.53. The van der Waals surface area contributed by atoms with Crippen molar-refractivity contribution < 1.29 is 21.2 Å². The molecular weight excluding hydrogens is 241 g/mol. The summed E-state index contributed by atoms with van der Waals surface area (Å²) in [5.41, 5.74) is 0.505. The highest BCUT2D eigenvalue weighted by Gasteiger charge is 2.08. The van der Waals surface area contributed by atoms with E-state index >= 15 is 0 Å². The fourth-order valence-corrected chi connectivity index (χ4v) is 1.53. The molecule has 0 aliphatic rings. The van der Waals surface area contributed by atoms with Gasteiger partial charge in [-0.2, -0.15) is 0 Å². The third-order valence-electron chi connectivity index (χ3n) is 2.35. The molecule has 0 atom stereocenters. The molecule has 4 heteroatoms. The first-order valence-electron chi connectivity index (χ1n) is 5.35. The van der Waals surface area contributed by atoms with Crippen molar-refractivity contribution in [2.24, 2.45) is 0 Å². The Morgan fingerprint density at radius 3 is 2.65 bits per heavy atom. The van der Waals surface area contributed by atoms with Gasteiger partial charge in [-0.15, -0.1) is 0 Å². The van der Waals surface area contributed by atoms with Gasteiger partial charge in [0, 0.05) is 0 Å². The molecule has 2 aromatic rings. The Kier molecular flexibility index (Phi) is 5.19. The molecular formula is C13H14ClFNO-. The number of nitrogens with one attached hydrogen (secondary N) is 1. The minimum Gasteiger partial charge on any atom is -1.00 e. The zero-order chi connectivity index (χ0) is 11.4. The van der Waals surface area contributed by atoms with Crippen molar-refractivity contribution in [3.63, 3.8) is 0 Å². The van der Waals surface area contributed by atoms with E-state index in [1.54, 1.807) is 24.3 Å². The molecule has 0 unspecified atom stereocenters. The van der Waals surface area contributed by atoms with E-state index in [2.05, 4.69) is 5.32 Å². The molecule has 0 radical (unpaired) electrons. The van der Waals surface area contributed by atoms with Crippen LogP contribution in [0.15, 0.2) is 40.8 Å². The Bertz CT molecular complexity index is 470. The molecule has 0 amide bonds. The molecule has 1 N–H and O–H groups in total. The van der Waals surface area contributed by atoms with Gasteiger partial charge in [-0.3, -0.25) is 0 Å². The lowest BCUT2D eigenvalue weighted by Crippen LogP contribution is -3.00. The Morgan fingerprint density at radius 1 is 1.18 bits per heavy atom. The maximum atomic E-state index is 13.5. The average Bonchev–Trinajstić information content (AvgIpc) is 2.75. The van der Waals surface area contributed by atoms with Crippen molar-refractivity contribution in [2.75, 3.05) is 6.54 Å². The molecule has 1 aromatic heterocycles. The molecule has 0 aliphatic heterocycles. The monoisotopic (exact) mass is 254 g/mol. The standard InChI is InChI=1S/C13H14FNO.ClH/c1-2-15-9-10-7-8-13(16-10)11-5-3-4-6-12(11)14;/h3-8,15H,2,9H2,1H3;1H/p-1. The van der Waals surface area contributed by atoms with Crippen molar-refractivity contribution in [1.29, 1.82) is 0 Å². The lowest BCUT2D eigenvalue weighted by molar-refractivity contribution is -0.00000449. The molecule has 0 aliphatic carbocycles. The molecule has 0 bridgehead atoms. The van der Waals surface area contributed by atoms with E-state index in [1.165, 1.54) is 6.07 Å². The lowest BCUT2D eigenvalue weighted by atomic mass is 10.1. The molecule has 0 saturated heterocycles. The van der Waals surface area contributed by atoms with E-state index in [4.69, 9.17) is 4.42 Å². The second-order valence-electron chi connectivity index (χ2n) is 3.53. The minimum absolute atomic E-state index is 0. The summed E-state index contributed by atoms with van der Waals surface area (Å²) in [5.74, 6) is 1.14. The van der Waals surface area contributed by atoms with Crippen molar-refractivity contribution in [1.82, 2.24) is 5.32 Å². The highest BCUT2D eigenvalue weighted by molar-refractivity contribution is 5.58. The number of hydrogen-bond donors (Lipinski definition) is 1. The number of furan rings is 1. The summed E-state index contributed by atoms with van der Waals surface area (Å²) >= 11 is 0. The van der Waals surface area contributed by atoms with E-state index in [0.717, 1.165) is 12.3 Å². The predicted molar refractivity (Wildman–Crippen MR) is 61.5 cm³/mol. The largest absolute Gasteiger partial charge is 1.00 e. The zero-order valence-electron chi connectivity index (χ0n) is 9.54. The summed E-state index contributed by atoms with van der Waals surface area (Å²) in [5, 5.41) is 3.16.